The highest BCUT2D eigenvalue weighted by atomic mass is 19.1. The lowest BCUT2D eigenvalue weighted by Gasteiger charge is -2.41. The van der Waals surface area contributed by atoms with Gasteiger partial charge >= 0.3 is 0 Å². The summed E-state index contributed by atoms with van der Waals surface area (Å²) in [6, 6.07) is 5.50. The van der Waals surface area contributed by atoms with Gasteiger partial charge in [-0.25, -0.2) is 9.29 Å². The monoisotopic (exact) mass is 287 g/mol. The number of fused-ring (bicyclic) bond motifs is 2. The Hall–Kier alpha value is -2.04. The Morgan fingerprint density at radius 2 is 1.81 bits per heavy atom. The third-order valence-electron chi connectivity index (χ3n) is 5.13. The maximum absolute atomic E-state index is 13.4. The van der Waals surface area contributed by atoms with E-state index in [9.17, 15) is 18.8 Å². The highest BCUT2D eigenvalue weighted by molar-refractivity contribution is 6.23. The minimum atomic E-state index is -0.527. The van der Waals surface area contributed by atoms with Gasteiger partial charge in [0.1, 0.15) is 11.6 Å². The van der Waals surface area contributed by atoms with Gasteiger partial charge in [0.15, 0.2) is 0 Å². The average Bonchev–Trinajstić information content (AvgIpc) is 2.73. The number of amides is 2. The van der Waals surface area contributed by atoms with Crippen molar-refractivity contribution in [1.82, 2.24) is 0 Å². The summed E-state index contributed by atoms with van der Waals surface area (Å²) < 4.78 is 13.4. The second-order valence-corrected chi connectivity index (χ2v) is 6.16. The molecular weight excluding hydrogens is 273 g/mol. The molecule has 3 aliphatic carbocycles. The third-order valence-corrected chi connectivity index (χ3v) is 5.13. The van der Waals surface area contributed by atoms with E-state index in [1.54, 1.807) is 6.07 Å². The molecule has 4 nitrogen and oxygen atoms in total. The van der Waals surface area contributed by atoms with Crippen molar-refractivity contribution in [1.29, 1.82) is 0 Å². The Balaban J connectivity index is 1.77. The Bertz CT molecular complexity index is 671. The van der Waals surface area contributed by atoms with Crippen LogP contribution in [0, 0.1) is 29.5 Å². The maximum atomic E-state index is 13.4. The van der Waals surface area contributed by atoms with Crippen molar-refractivity contribution in [3.8, 4) is 0 Å². The van der Waals surface area contributed by atoms with Crippen molar-refractivity contribution in [2.24, 2.45) is 23.7 Å². The predicted octanol–water partition coefficient (Wildman–Crippen LogP) is 1.93. The molecule has 1 heterocycles. The van der Waals surface area contributed by atoms with E-state index in [-0.39, 0.29) is 35.1 Å². The van der Waals surface area contributed by atoms with Crippen LogP contribution < -0.4 is 4.90 Å². The lowest BCUT2D eigenvalue weighted by molar-refractivity contribution is -0.143. The maximum Gasteiger partial charge on any atom is 0.238 e. The zero-order valence-electron chi connectivity index (χ0n) is 11.3. The molecular formula is C16H14FNO3. The number of imide groups is 1. The molecule has 5 rings (SSSR count). The normalized spacial score (nSPS) is 34.5. The summed E-state index contributed by atoms with van der Waals surface area (Å²) >= 11 is 0. The van der Waals surface area contributed by atoms with Crippen molar-refractivity contribution < 1.29 is 18.8 Å². The molecule has 1 aliphatic heterocycles. The van der Waals surface area contributed by atoms with E-state index in [0.717, 1.165) is 11.3 Å². The summed E-state index contributed by atoms with van der Waals surface area (Å²) in [6.45, 7) is 0. The Kier molecular flexibility index (Phi) is 2.55. The number of carbonyl (C=O) groups is 3. The number of benzene rings is 1. The highest BCUT2D eigenvalue weighted by Crippen LogP contribution is 2.52. The van der Waals surface area contributed by atoms with E-state index in [1.807, 2.05) is 0 Å². The molecule has 1 saturated heterocycles. The number of nitrogens with zero attached hydrogens (tertiary/aromatic N) is 1. The van der Waals surface area contributed by atoms with Gasteiger partial charge in [0.05, 0.1) is 17.5 Å². The van der Waals surface area contributed by atoms with Crippen LogP contribution in [0.1, 0.15) is 19.3 Å². The molecule has 4 fully saturated rings. The number of anilines is 1. The van der Waals surface area contributed by atoms with Crippen LogP contribution in [0.3, 0.4) is 0 Å². The summed E-state index contributed by atoms with van der Waals surface area (Å²) in [7, 11) is 0. The summed E-state index contributed by atoms with van der Waals surface area (Å²) in [5.41, 5.74) is 0.270. The highest BCUT2D eigenvalue weighted by Gasteiger charge is 2.60. The lowest BCUT2D eigenvalue weighted by atomic mass is 9.59. The fourth-order valence-corrected chi connectivity index (χ4v) is 4.25. The molecule has 0 spiro atoms. The number of ketones is 1. The number of hydrogen-bond acceptors (Lipinski definition) is 3. The molecule has 0 unspecified atom stereocenters. The third kappa shape index (κ3) is 1.63. The van der Waals surface area contributed by atoms with Gasteiger partial charge in [0.25, 0.3) is 0 Å². The van der Waals surface area contributed by atoms with E-state index in [1.165, 1.54) is 18.2 Å². The molecule has 21 heavy (non-hydrogen) atoms. The largest absolute Gasteiger partial charge is 0.299 e. The van der Waals surface area contributed by atoms with Crippen LogP contribution in [-0.4, -0.2) is 17.6 Å². The van der Waals surface area contributed by atoms with E-state index in [2.05, 4.69) is 0 Å². The van der Waals surface area contributed by atoms with Crippen LogP contribution in [0.2, 0.25) is 0 Å². The minimum Gasteiger partial charge on any atom is -0.299 e. The summed E-state index contributed by atoms with van der Waals surface area (Å²) in [5, 5.41) is 0. The molecule has 4 aliphatic rings. The van der Waals surface area contributed by atoms with Crippen LogP contribution >= 0.6 is 0 Å². The first-order valence-electron chi connectivity index (χ1n) is 7.24. The standard InChI is InChI=1S/C16H14FNO3/c17-9-2-1-3-10(7-9)18-15(20)13-8-4-5-11(12(19)6-8)14(13)16(18)21/h1-3,7-8,11,13-14H,4-6H2/t8-,11+,13+,14-/m1/s1. The van der Waals surface area contributed by atoms with Gasteiger partial charge in [0, 0.05) is 12.3 Å². The van der Waals surface area contributed by atoms with Gasteiger partial charge in [-0.3, -0.25) is 14.4 Å². The molecule has 0 aromatic heterocycles. The van der Waals surface area contributed by atoms with Gasteiger partial charge in [-0.15, -0.1) is 0 Å². The Labute approximate surface area is 120 Å². The van der Waals surface area contributed by atoms with Crippen molar-refractivity contribution in [3.05, 3.63) is 30.1 Å². The molecule has 3 saturated carbocycles. The molecule has 1 aromatic rings. The summed E-state index contributed by atoms with van der Waals surface area (Å²) in [6.07, 6.45) is 1.93. The lowest BCUT2D eigenvalue weighted by Crippen LogP contribution is -2.46. The van der Waals surface area contributed by atoms with E-state index in [4.69, 9.17) is 0 Å². The number of hydrogen-bond donors (Lipinski definition) is 0. The molecule has 4 atom stereocenters. The van der Waals surface area contributed by atoms with Crippen molar-refractivity contribution >= 4 is 23.3 Å². The van der Waals surface area contributed by atoms with Crippen LogP contribution in [0.5, 0.6) is 0 Å². The van der Waals surface area contributed by atoms with Crippen molar-refractivity contribution in [3.63, 3.8) is 0 Å². The van der Waals surface area contributed by atoms with Crippen LogP contribution in [0.25, 0.3) is 0 Å². The topological polar surface area (TPSA) is 54.5 Å². The molecule has 0 radical (unpaired) electrons. The SMILES string of the molecule is O=C1C[C@H]2CC[C@@H]1[C@H]1C(=O)N(c3cccc(F)c3)C(=O)[C@@H]21. The number of rotatable bonds is 1. The zero-order valence-corrected chi connectivity index (χ0v) is 11.3. The zero-order chi connectivity index (χ0) is 14.7. The molecule has 1 aromatic carbocycles. The fraction of sp³-hybridized carbons (Fsp3) is 0.438. The summed E-state index contributed by atoms with van der Waals surface area (Å²) in [5.74, 6) is -2.25. The predicted molar refractivity (Wildman–Crippen MR) is 71.7 cm³/mol. The van der Waals surface area contributed by atoms with E-state index >= 15 is 0 Å². The van der Waals surface area contributed by atoms with Gasteiger partial charge in [-0.2, -0.15) is 0 Å². The van der Waals surface area contributed by atoms with Crippen LogP contribution in [0.15, 0.2) is 24.3 Å². The first kappa shape index (κ1) is 12.7. The second-order valence-electron chi connectivity index (χ2n) is 6.16. The Morgan fingerprint density at radius 1 is 1.05 bits per heavy atom. The number of Topliss-reactive ketones (excluding diaryl/α,β-unsaturated/α-hetero) is 1. The van der Waals surface area contributed by atoms with Gasteiger partial charge in [-0.05, 0) is 37.0 Å². The number of halogens is 1. The Morgan fingerprint density at radius 3 is 2.52 bits per heavy atom. The summed E-state index contributed by atoms with van der Waals surface area (Å²) in [4.78, 5) is 38.3. The van der Waals surface area contributed by atoms with Gasteiger partial charge in [-0.1, -0.05) is 6.07 Å². The van der Waals surface area contributed by atoms with Crippen LogP contribution in [-0.2, 0) is 14.4 Å². The van der Waals surface area contributed by atoms with E-state index in [0.29, 0.717) is 12.8 Å². The quantitative estimate of drug-likeness (QED) is 0.742. The molecule has 5 heteroatoms. The first-order chi connectivity index (χ1) is 10.1. The van der Waals surface area contributed by atoms with E-state index < -0.39 is 17.7 Å². The molecule has 108 valence electrons. The van der Waals surface area contributed by atoms with Gasteiger partial charge < -0.3 is 0 Å². The van der Waals surface area contributed by atoms with Crippen molar-refractivity contribution in [2.75, 3.05) is 4.90 Å². The molecule has 0 N–H and O–H groups in total. The van der Waals surface area contributed by atoms with Crippen molar-refractivity contribution in [2.45, 2.75) is 19.3 Å². The second kappa shape index (κ2) is 4.23. The minimum absolute atomic E-state index is 0.0255. The fourth-order valence-electron chi connectivity index (χ4n) is 4.25. The average molecular weight is 287 g/mol. The van der Waals surface area contributed by atoms with Crippen LogP contribution in [0.4, 0.5) is 10.1 Å². The molecule has 2 amide bonds. The number of carbonyl (C=O) groups excluding carboxylic acids is 3. The molecule has 2 bridgehead atoms. The smallest absolute Gasteiger partial charge is 0.238 e. The first-order valence-corrected chi connectivity index (χ1v) is 7.24. The van der Waals surface area contributed by atoms with Gasteiger partial charge in [0.2, 0.25) is 11.8 Å².